The van der Waals surface area contributed by atoms with Crippen molar-refractivity contribution in [3.63, 3.8) is 0 Å². The van der Waals surface area contributed by atoms with Crippen molar-refractivity contribution in [2.24, 2.45) is 0 Å². The van der Waals surface area contributed by atoms with Gasteiger partial charge in [0.15, 0.2) is 0 Å². The zero-order valence-corrected chi connectivity index (χ0v) is 12.7. The molecule has 18 heavy (non-hydrogen) atoms. The van der Waals surface area contributed by atoms with E-state index in [0.717, 1.165) is 38.2 Å². The lowest BCUT2D eigenvalue weighted by Gasteiger charge is -2.28. The molecule has 1 aliphatic heterocycles. The van der Waals surface area contributed by atoms with Crippen LogP contribution in [0.3, 0.4) is 0 Å². The van der Waals surface area contributed by atoms with Crippen LogP contribution in [0, 0.1) is 0 Å². The summed E-state index contributed by atoms with van der Waals surface area (Å²) in [7, 11) is 0. The summed E-state index contributed by atoms with van der Waals surface area (Å²) in [5, 5.41) is 12.9. The molecule has 0 aromatic carbocycles. The van der Waals surface area contributed by atoms with Crippen LogP contribution in [0.5, 0.6) is 0 Å². The number of aliphatic hydroxyl groups excluding tert-OH is 1. The molecule has 1 rings (SSSR count). The SMILES string of the molecule is CCCNC(C)(CO)CCCSCC1CCCO1. The quantitative estimate of drug-likeness (QED) is 0.601. The van der Waals surface area contributed by atoms with Crippen LogP contribution in [-0.2, 0) is 4.74 Å². The fraction of sp³-hybridized carbons (Fsp3) is 1.00. The lowest BCUT2D eigenvalue weighted by molar-refractivity contribution is 0.129. The largest absolute Gasteiger partial charge is 0.394 e. The molecular formula is C14H29NO2S. The molecule has 1 aliphatic rings. The van der Waals surface area contributed by atoms with E-state index in [-0.39, 0.29) is 12.1 Å². The first kappa shape index (κ1) is 16.3. The van der Waals surface area contributed by atoms with E-state index in [2.05, 4.69) is 19.2 Å². The Hall–Kier alpha value is 0.230. The zero-order valence-electron chi connectivity index (χ0n) is 11.9. The molecule has 0 spiro atoms. The molecule has 3 nitrogen and oxygen atoms in total. The number of thioether (sulfide) groups is 1. The predicted molar refractivity (Wildman–Crippen MR) is 79.3 cm³/mol. The summed E-state index contributed by atoms with van der Waals surface area (Å²) in [6.07, 6.45) is 6.28. The lowest BCUT2D eigenvalue weighted by Crippen LogP contribution is -2.46. The summed E-state index contributed by atoms with van der Waals surface area (Å²) in [5.74, 6) is 2.31. The minimum absolute atomic E-state index is 0.0968. The van der Waals surface area contributed by atoms with Crippen LogP contribution in [-0.4, -0.2) is 48.0 Å². The van der Waals surface area contributed by atoms with Gasteiger partial charge in [0.2, 0.25) is 0 Å². The number of aliphatic hydroxyl groups is 1. The van der Waals surface area contributed by atoms with Crippen molar-refractivity contribution in [2.45, 2.75) is 57.6 Å². The van der Waals surface area contributed by atoms with Gasteiger partial charge in [-0.25, -0.2) is 0 Å². The minimum Gasteiger partial charge on any atom is -0.394 e. The Kier molecular flexibility index (Phi) is 8.31. The monoisotopic (exact) mass is 275 g/mol. The highest BCUT2D eigenvalue weighted by Gasteiger charge is 2.21. The molecule has 0 aromatic heterocycles. The summed E-state index contributed by atoms with van der Waals surface area (Å²) >= 11 is 1.99. The van der Waals surface area contributed by atoms with E-state index in [0.29, 0.717) is 6.10 Å². The maximum atomic E-state index is 9.45. The van der Waals surface area contributed by atoms with Gasteiger partial charge in [-0.2, -0.15) is 11.8 Å². The van der Waals surface area contributed by atoms with E-state index in [9.17, 15) is 5.11 Å². The summed E-state index contributed by atoms with van der Waals surface area (Å²) < 4.78 is 5.60. The van der Waals surface area contributed by atoms with E-state index in [4.69, 9.17) is 4.74 Å². The fourth-order valence-corrected chi connectivity index (χ4v) is 3.25. The van der Waals surface area contributed by atoms with Gasteiger partial charge in [-0.05, 0) is 51.3 Å². The molecule has 0 amide bonds. The molecule has 0 radical (unpaired) electrons. The Labute approximate surface area is 116 Å². The topological polar surface area (TPSA) is 41.5 Å². The zero-order chi connectivity index (χ0) is 13.3. The van der Waals surface area contributed by atoms with Crippen molar-refractivity contribution in [1.29, 1.82) is 0 Å². The first-order valence-corrected chi connectivity index (χ1v) is 8.41. The van der Waals surface area contributed by atoms with Crippen molar-refractivity contribution >= 4 is 11.8 Å². The van der Waals surface area contributed by atoms with Gasteiger partial charge in [-0.3, -0.25) is 0 Å². The Balaban J connectivity index is 2.03. The molecule has 1 fully saturated rings. The normalized spacial score (nSPS) is 23.2. The summed E-state index contributed by atoms with van der Waals surface area (Å²) in [6.45, 7) is 6.44. The number of ether oxygens (including phenoxy) is 1. The third-order valence-electron chi connectivity index (χ3n) is 3.50. The Morgan fingerprint density at radius 1 is 1.50 bits per heavy atom. The second-order valence-electron chi connectivity index (χ2n) is 5.46. The standard InChI is InChI=1S/C14H29NO2S/c1-3-8-15-14(2,12-16)7-5-10-18-11-13-6-4-9-17-13/h13,15-16H,3-12H2,1-2H3. The van der Waals surface area contributed by atoms with Crippen molar-refractivity contribution in [3.8, 4) is 0 Å². The first-order chi connectivity index (χ1) is 8.70. The van der Waals surface area contributed by atoms with Crippen molar-refractivity contribution < 1.29 is 9.84 Å². The van der Waals surface area contributed by atoms with Gasteiger partial charge < -0.3 is 15.2 Å². The summed E-state index contributed by atoms with van der Waals surface area (Å²) in [4.78, 5) is 0. The molecule has 2 unspecified atom stereocenters. The van der Waals surface area contributed by atoms with Gasteiger partial charge in [0.25, 0.3) is 0 Å². The third kappa shape index (κ3) is 6.41. The maximum absolute atomic E-state index is 9.45. The van der Waals surface area contributed by atoms with Gasteiger partial charge >= 0.3 is 0 Å². The molecule has 0 aliphatic carbocycles. The number of nitrogens with one attached hydrogen (secondary N) is 1. The summed E-state index contributed by atoms with van der Waals surface area (Å²) in [5.41, 5.74) is -0.0968. The van der Waals surface area contributed by atoms with Crippen molar-refractivity contribution in [3.05, 3.63) is 0 Å². The Morgan fingerprint density at radius 2 is 2.33 bits per heavy atom. The highest BCUT2D eigenvalue weighted by Crippen LogP contribution is 2.19. The number of hydrogen-bond acceptors (Lipinski definition) is 4. The Bertz CT molecular complexity index is 210. The van der Waals surface area contributed by atoms with E-state index < -0.39 is 0 Å². The molecule has 1 heterocycles. The van der Waals surface area contributed by atoms with Gasteiger partial charge in [0, 0.05) is 17.9 Å². The predicted octanol–water partition coefficient (Wildman–Crippen LogP) is 2.43. The lowest BCUT2D eigenvalue weighted by atomic mass is 9.97. The number of rotatable bonds is 10. The molecule has 2 atom stereocenters. The van der Waals surface area contributed by atoms with Gasteiger partial charge in [-0.15, -0.1) is 0 Å². The van der Waals surface area contributed by atoms with Crippen LogP contribution < -0.4 is 5.32 Å². The molecule has 4 heteroatoms. The number of hydrogen-bond donors (Lipinski definition) is 2. The van der Waals surface area contributed by atoms with E-state index in [1.165, 1.54) is 18.6 Å². The van der Waals surface area contributed by atoms with Crippen LogP contribution in [0.1, 0.15) is 46.0 Å². The average Bonchev–Trinajstić information content (AvgIpc) is 2.89. The minimum atomic E-state index is -0.0968. The van der Waals surface area contributed by atoms with Crippen molar-refractivity contribution in [1.82, 2.24) is 5.32 Å². The maximum Gasteiger partial charge on any atom is 0.0666 e. The highest BCUT2D eigenvalue weighted by molar-refractivity contribution is 7.99. The molecule has 1 saturated heterocycles. The second kappa shape index (κ2) is 9.18. The molecular weight excluding hydrogens is 246 g/mol. The van der Waals surface area contributed by atoms with Gasteiger partial charge in [0.1, 0.15) is 0 Å². The van der Waals surface area contributed by atoms with Crippen LogP contribution in [0.4, 0.5) is 0 Å². The van der Waals surface area contributed by atoms with E-state index in [1.807, 2.05) is 11.8 Å². The van der Waals surface area contributed by atoms with E-state index >= 15 is 0 Å². The van der Waals surface area contributed by atoms with Crippen molar-refractivity contribution in [2.75, 3.05) is 31.3 Å². The van der Waals surface area contributed by atoms with Crippen LogP contribution in [0.2, 0.25) is 0 Å². The van der Waals surface area contributed by atoms with Gasteiger partial charge in [-0.1, -0.05) is 6.92 Å². The Morgan fingerprint density at radius 3 is 2.94 bits per heavy atom. The third-order valence-corrected chi connectivity index (χ3v) is 4.68. The van der Waals surface area contributed by atoms with Crippen LogP contribution in [0.25, 0.3) is 0 Å². The molecule has 2 N–H and O–H groups in total. The molecule has 108 valence electrons. The average molecular weight is 275 g/mol. The molecule has 0 bridgehead atoms. The van der Waals surface area contributed by atoms with Crippen LogP contribution in [0.15, 0.2) is 0 Å². The smallest absolute Gasteiger partial charge is 0.0666 e. The molecule has 0 aromatic rings. The fourth-order valence-electron chi connectivity index (χ4n) is 2.21. The van der Waals surface area contributed by atoms with Crippen LogP contribution >= 0.6 is 11.8 Å². The highest BCUT2D eigenvalue weighted by atomic mass is 32.2. The first-order valence-electron chi connectivity index (χ1n) is 7.25. The molecule has 0 saturated carbocycles. The van der Waals surface area contributed by atoms with E-state index in [1.54, 1.807) is 0 Å². The summed E-state index contributed by atoms with van der Waals surface area (Å²) in [6, 6.07) is 0. The van der Waals surface area contributed by atoms with Gasteiger partial charge in [0.05, 0.1) is 12.7 Å². The second-order valence-corrected chi connectivity index (χ2v) is 6.61.